The number of hydrogen-bond acceptors (Lipinski definition) is 9. The van der Waals surface area contributed by atoms with Crippen molar-refractivity contribution in [3.8, 4) is 0 Å². The van der Waals surface area contributed by atoms with E-state index in [0.717, 1.165) is 0 Å². The highest BCUT2D eigenvalue weighted by Crippen LogP contribution is 2.58. The number of rotatable bonds is 7. The Morgan fingerprint density at radius 2 is 2.00 bits per heavy atom. The zero-order valence-electron chi connectivity index (χ0n) is 17.7. The van der Waals surface area contributed by atoms with Crippen molar-refractivity contribution in [2.24, 2.45) is 0 Å². The van der Waals surface area contributed by atoms with E-state index in [0.29, 0.717) is 0 Å². The lowest BCUT2D eigenvalue weighted by atomic mass is 9.97. The fourth-order valence-electron chi connectivity index (χ4n) is 3.55. The number of nitrogens with zero attached hydrogens (tertiary/aromatic N) is 2. The highest BCUT2D eigenvalue weighted by Gasteiger charge is 2.50. The Bertz CT molecular complexity index is 1060. The van der Waals surface area contributed by atoms with Crippen LogP contribution in [0, 0.1) is 0 Å². The van der Waals surface area contributed by atoms with Gasteiger partial charge in [-0.1, -0.05) is 6.92 Å². The smallest absolute Gasteiger partial charge is 0.359 e. The number of H-pyrrole nitrogens is 1. The van der Waals surface area contributed by atoms with Gasteiger partial charge in [-0.05, 0) is 33.3 Å². The maximum Gasteiger partial charge on any atom is 0.359 e. The summed E-state index contributed by atoms with van der Waals surface area (Å²) >= 11 is 0. The third-order valence-electron chi connectivity index (χ3n) is 5.55. The summed E-state index contributed by atoms with van der Waals surface area (Å²) in [5.41, 5.74) is 4.04. The van der Waals surface area contributed by atoms with E-state index in [1.807, 2.05) is 0 Å². The number of ether oxygens (including phenoxy) is 1. The Morgan fingerprint density at radius 1 is 1.35 bits per heavy atom. The normalized spacial score (nSPS) is 28.5. The molecule has 7 N–H and O–H groups in total. The first-order chi connectivity index (χ1) is 14.2. The lowest BCUT2D eigenvalue weighted by molar-refractivity contribution is -0.0634. The van der Waals surface area contributed by atoms with Gasteiger partial charge in [-0.15, -0.1) is 0 Å². The molecular formula is C18H29N4O8P. The number of aromatic nitrogens is 3. The molecule has 2 aromatic heterocycles. The summed E-state index contributed by atoms with van der Waals surface area (Å²) in [7, 11) is -4.43. The van der Waals surface area contributed by atoms with E-state index >= 15 is 0 Å². The third kappa shape index (κ3) is 4.42. The summed E-state index contributed by atoms with van der Waals surface area (Å²) in [6.07, 6.45) is -3.37. The lowest BCUT2D eigenvalue weighted by Crippen LogP contribution is -2.38. The standard InChI is InChI=1S/C18H29N4O8P/c1-5-18(4,26)31(27,28)30-17(2,3)8-10-11(23)12(24)15(29-10)22-7-6-9-13(22)20-16(19)21-14(9)25/h6-7,10-12,15,23-24,26H,5,8H2,1-4H3,(H,27,28)(H3,19,20,21,25)/t10-,11-,12-,15-,18?/m1/s1. The zero-order valence-corrected chi connectivity index (χ0v) is 18.6. The number of nitrogens with two attached hydrogens (primary N) is 1. The van der Waals surface area contributed by atoms with Crippen molar-refractivity contribution < 1.29 is 34.0 Å². The molecule has 1 aliphatic heterocycles. The molecule has 1 saturated heterocycles. The highest BCUT2D eigenvalue weighted by molar-refractivity contribution is 7.54. The maximum absolute atomic E-state index is 12.5. The summed E-state index contributed by atoms with van der Waals surface area (Å²) in [5.74, 6) is -0.113. The summed E-state index contributed by atoms with van der Waals surface area (Å²) < 4.78 is 25.1. The van der Waals surface area contributed by atoms with Crippen LogP contribution < -0.4 is 11.3 Å². The summed E-state index contributed by atoms with van der Waals surface area (Å²) in [6, 6.07) is 1.48. The Morgan fingerprint density at radius 3 is 2.61 bits per heavy atom. The van der Waals surface area contributed by atoms with Crippen molar-refractivity contribution in [3.05, 3.63) is 22.6 Å². The van der Waals surface area contributed by atoms with E-state index in [-0.39, 0.29) is 29.8 Å². The predicted octanol–water partition coefficient (Wildman–Crippen LogP) is 0.415. The van der Waals surface area contributed by atoms with E-state index < -0.39 is 48.6 Å². The zero-order chi connectivity index (χ0) is 23.4. The summed E-state index contributed by atoms with van der Waals surface area (Å²) in [6.45, 7) is 5.80. The molecule has 0 spiro atoms. The van der Waals surface area contributed by atoms with Crippen LogP contribution in [0.4, 0.5) is 5.95 Å². The van der Waals surface area contributed by atoms with Crippen LogP contribution in [0.1, 0.15) is 46.8 Å². The van der Waals surface area contributed by atoms with E-state index in [9.17, 15) is 29.6 Å². The summed E-state index contributed by atoms with van der Waals surface area (Å²) in [4.78, 5) is 28.7. The number of fused-ring (bicyclic) bond motifs is 1. The van der Waals surface area contributed by atoms with Crippen molar-refractivity contribution in [1.29, 1.82) is 0 Å². The first kappa shape index (κ1) is 23.9. The Hall–Kier alpha value is -1.79. The topological polar surface area (TPSA) is 193 Å². The minimum Gasteiger partial charge on any atom is -0.388 e. The Labute approximate surface area is 178 Å². The first-order valence-electron chi connectivity index (χ1n) is 9.83. The number of nitrogens with one attached hydrogen (secondary N) is 1. The molecule has 174 valence electrons. The van der Waals surface area contributed by atoms with E-state index in [1.54, 1.807) is 6.92 Å². The fraction of sp³-hybridized carbons (Fsp3) is 0.667. The average molecular weight is 460 g/mol. The molecule has 31 heavy (non-hydrogen) atoms. The second-order valence-corrected chi connectivity index (χ2v) is 10.8. The third-order valence-corrected chi connectivity index (χ3v) is 7.83. The minimum absolute atomic E-state index is 0.00380. The minimum atomic E-state index is -4.43. The van der Waals surface area contributed by atoms with Crippen LogP contribution in [0.25, 0.3) is 11.0 Å². The van der Waals surface area contributed by atoms with Crippen molar-refractivity contribution >= 4 is 24.6 Å². The molecule has 3 rings (SSSR count). The molecule has 3 heterocycles. The van der Waals surface area contributed by atoms with Gasteiger partial charge in [-0.25, -0.2) is 0 Å². The predicted molar refractivity (Wildman–Crippen MR) is 111 cm³/mol. The van der Waals surface area contributed by atoms with Crippen molar-refractivity contribution in [2.75, 3.05) is 5.73 Å². The van der Waals surface area contributed by atoms with E-state index in [1.165, 1.54) is 37.6 Å². The average Bonchev–Trinajstić information content (AvgIpc) is 3.16. The fourth-order valence-corrected chi connectivity index (χ4v) is 4.89. The van der Waals surface area contributed by atoms with Gasteiger partial charge in [0.25, 0.3) is 5.56 Å². The second kappa shape index (κ2) is 7.96. The number of aromatic amines is 1. The molecule has 12 nitrogen and oxygen atoms in total. The van der Waals surface area contributed by atoms with E-state index in [4.69, 9.17) is 15.0 Å². The second-order valence-electron chi connectivity index (χ2n) is 8.60. The van der Waals surface area contributed by atoms with Crippen LogP contribution in [-0.2, 0) is 13.8 Å². The quantitative estimate of drug-likeness (QED) is 0.315. The SMILES string of the molecule is CCC(C)(O)P(=O)(O)OC(C)(C)C[C@H]1O[C@@H](n2ccc3c(=O)[nH]c(N)nc32)[C@H](O)[C@@H]1O. The van der Waals surface area contributed by atoms with Gasteiger partial charge in [0.1, 0.15) is 12.2 Å². The number of anilines is 1. The van der Waals surface area contributed by atoms with Gasteiger partial charge >= 0.3 is 7.60 Å². The number of aliphatic hydroxyl groups is 3. The van der Waals surface area contributed by atoms with Gasteiger partial charge in [-0.3, -0.25) is 14.3 Å². The van der Waals surface area contributed by atoms with E-state index in [2.05, 4.69) is 9.97 Å². The molecule has 0 radical (unpaired) electrons. The molecular weight excluding hydrogens is 431 g/mol. The number of aliphatic hydroxyl groups excluding tert-OH is 2. The van der Waals surface area contributed by atoms with Crippen molar-refractivity contribution in [1.82, 2.24) is 14.5 Å². The van der Waals surface area contributed by atoms with Gasteiger partial charge in [0.05, 0.1) is 17.1 Å². The van der Waals surface area contributed by atoms with Gasteiger partial charge in [0, 0.05) is 12.6 Å². The van der Waals surface area contributed by atoms with Crippen LogP contribution in [0.15, 0.2) is 17.1 Å². The number of nitrogen functional groups attached to an aromatic ring is 1. The maximum atomic E-state index is 12.5. The monoisotopic (exact) mass is 460 g/mol. The van der Waals surface area contributed by atoms with Crippen molar-refractivity contribution in [2.45, 2.75) is 76.0 Å². The molecule has 2 aromatic rings. The van der Waals surface area contributed by atoms with Gasteiger partial charge in [0.15, 0.2) is 17.2 Å². The van der Waals surface area contributed by atoms with Crippen LogP contribution in [0.3, 0.4) is 0 Å². The molecule has 1 fully saturated rings. The molecule has 2 unspecified atom stereocenters. The van der Waals surface area contributed by atoms with Crippen LogP contribution in [0.5, 0.6) is 0 Å². The molecule has 6 atom stereocenters. The molecule has 0 amide bonds. The van der Waals surface area contributed by atoms with Crippen LogP contribution in [0.2, 0.25) is 0 Å². The molecule has 0 bridgehead atoms. The molecule has 0 aliphatic carbocycles. The molecule has 13 heteroatoms. The lowest BCUT2D eigenvalue weighted by Gasteiger charge is -2.35. The van der Waals surface area contributed by atoms with Gasteiger partial charge < -0.3 is 39.8 Å². The Balaban J connectivity index is 1.83. The summed E-state index contributed by atoms with van der Waals surface area (Å²) in [5, 5.41) is 29.6. The van der Waals surface area contributed by atoms with Crippen molar-refractivity contribution in [3.63, 3.8) is 0 Å². The highest BCUT2D eigenvalue weighted by atomic mass is 31.2. The number of hydrogen-bond donors (Lipinski definition) is 6. The largest absolute Gasteiger partial charge is 0.388 e. The Kier molecular flexibility index (Phi) is 6.13. The first-order valence-corrected chi connectivity index (χ1v) is 11.4. The van der Waals surface area contributed by atoms with Gasteiger partial charge in [-0.2, -0.15) is 4.98 Å². The molecule has 1 aliphatic rings. The van der Waals surface area contributed by atoms with Gasteiger partial charge in [0.2, 0.25) is 5.95 Å². The molecule has 0 aromatic carbocycles. The van der Waals surface area contributed by atoms with Crippen LogP contribution >= 0.6 is 7.60 Å². The van der Waals surface area contributed by atoms with Crippen LogP contribution in [-0.4, -0.2) is 64.0 Å². The molecule has 0 saturated carbocycles.